The van der Waals surface area contributed by atoms with E-state index in [1.807, 2.05) is 6.07 Å². The molecule has 0 aliphatic heterocycles. The van der Waals surface area contributed by atoms with Crippen molar-refractivity contribution in [1.82, 2.24) is 9.97 Å². The maximum absolute atomic E-state index is 8.48. The third kappa shape index (κ3) is 1.79. The molecule has 0 bridgehead atoms. The van der Waals surface area contributed by atoms with Crippen LogP contribution in [0.3, 0.4) is 0 Å². The van der Waals surface area contributed by atoms with Crippen LogP contribution in [-0.4, -0.2) is 9.97 Å². The molecule has 3 heteroatoms. The second-order valence-electron chi connectivity index (χ2n) is 3.65. The number of aromatic nitrogens is 2. The summed E-state index contributed by atoms with van der Waals surface area (Å²) in [5, 5.41) is 8.48. The lowest BCUT2D eigenvalue weighted by Gasteiger charge is -2.16. The smallest absolute Gasteiger partial charge is 0.158 e. The normalized spacial score (nSPS) is 10.8. The molecular weight excluding hydrogens is 150 g/mol. The Morgan fingerprint density at radius 2 is 1.92 bits per heavy atom. The predicted octanol–water partition coefficient (Wildman–Crippen LogP) is 1.65. The predicted molar refractivity (Wildman–Crippen MR) is 45.4 cm³/mol. The van der Waals surface area contributed by atoms with E-state index in [1.54, 1.807) is 6.20 Å². The molecule has 12 heavy (non-hydrogen) atoms. The maximum Gasteiger partial charge on any atom is 0.158 e. The van der Waals surface area contributed by atoms with E-state index in [-0.39, 0.29) is 5.41 Å². The summed E-state index contributed by atoms with van der Waals surface area (Å²) in [4.78, 5) is 8.08. The zero-order valence-corrected chi connectivity index (χ0v) is 7.50. The van der Waals surface area contributed by atoms with Gasteiger partial charge in [-0.1, -0.05) is 20.8 Å². The van der Waals surface area contributed by atoms with Crippen LogP contribution in [0.25, 0.3) is 0 Å². The molecule has 0 spiro atoms. The fourth-order valence-electron chi connectivity index (χ4n) is 0.773. The van der Waals surface area contributed by atoms with Crippen molar-refractivity contribution in [2.24, 2.45) is 0 Å². The van der Waals surface area contributed by atoms with E-state index in [4.69, 9.17) is 5.26 Å². The van der Waals surface area contributed by atoms with Gasteiger partial charge in [0.2, 0.25) is 0 Å². The molecule has 0 saturated heterocycles. The zero-order valence-electron chi connectivity index (χ0n) is 7.50. The highest BCUT2D eigenvalue weighted by Gasteiger charge is 2.15. The quantitative estimate of drug-likeness (QED) is 0.581. The molecule has 0 unspecified atom stereocenters. The first-order chi connectivity index (χ1) is 5.54. The van der Waals surface area contributed by atoms with E-state index >= 15 is 0 Å². The number of rotatable bonds is 0. The van der Waals surface area contributed by atoms with Crippen LogP contribution in [-0.2, 0) is 5.41 Å². The van der Waals surface area contributed by atoms with Gasteiger partial charge in [0.05, 0.1) is 18.1 Å². The van der Waals surface area contributed by atoms with Crippen LogP contribution in [0.2, 0.25) is 0 Å². The summed E-state index contributed by atoms with van der Waals surface area (Å²) in [5.74, 6) is 0. The monoisotopic (exact) mass is 161 g/mol. The molecule has 3 nitrogen and oxygen atoms in total. The van der Waals surface area contributed by atoms with E-state index in [0.29, 0.717) is 5.69 Å². The molecule has 0 N–H and O–H groups in total. The summed E-state index contributed by atoms with van der Waals surface area (Å²) in [7, 11) is 0. The van der Waals surface area contributed by atoms with Gasteiger partial charge in [-0.05, 0) is 0 Å². The topological polar surface area (TPSA) is 49.6 Å². The summed E-state index contributed by atoms with van der Waals surface area (Å²) < 4.78 is 0. The Labute approximate surface area is 72.1 Å². The lowest BCUT2D eigenvalue weighted by molar-refractivity contribution is 0.565. The number of nitriles is 1. The summed E-state index contributed by atoms with van der Waals surface area (Å²) in [6.45, 7) is 6.18. The highest BCUT2D eigenvalue weighted by molar-refractivity contribution is 5.18. The molecule has 1 aromatic heterocycles. The molecule has 1 heterocycles. The SMILES string of the molecule is CC(C)(C)c1cnc(C#N)cn1. The Kier molecular flexibility index (Phi) is 2.09. The Bertz CT molecular complexity index is 300. The van der Waals surface area contributed by atoms with Crippen molar-refractivity contribution < 1.29 is 0 Å². The van der Waals surface area contributed by atoms with Gasteiger partial charge in [0.1, 0.15) is 6.07 Å². The molecule has 0 radical (unpaired) electrons. The van der Waals surface area contributed by atoms with Gasteiger partial charge in [0, 0.05) is 5.41 Å². The van der Waals surface area contributed by atoms with Crippen LogP contribution in [0.4, 0.5) is 0 Å². The number of hydrogen-bond acceptors (Lipinski definition) is 3. The van der Waals surface area contributed by atoms with E-state index in [1.165, 1.54) is 6.20 Å². The van der Waals surface area contributed by atoms with Gasteiger partial charge in [-0.3, -0.25) is 4.98 Å². The first-order valence-corrected chi connectivity index (χ1v) is 3.76. The van der Waals surface area contributed by atoms with E-state index in [9.17, 15) is 0 Å². The molecule has 0 atom stereocenters. The van der Waals surface area contributed by atoms with Crippen molar-refractivity contribution in [1.29, 1.82) is 5.26 Å². The second kappa shape index (κ2) is 2.90. The van der Waals surface area contributed by atoms with Gasteiger partial charge in [0.25, 0.3) is 0 Å². The minimum atomic E-state index is 0.000978. The molecule has 0 saturated carbocycles. The number of hydrogen-bond donors (Lipinski definition) is 0. The summed E-state index contributed by atoms with van der Waals surface area (Å²) >= 11 is 0. The molecule has 0 fully saturated rings. The number of nitrogens with zero attached hydrogens (tertiary/aromatic N) is 3. The highest BCUT2D eigenvalue weighted by atomic mass is 14.8. The summed E-state index contributed by atoms with van der Waals surface area (Å²) in [5.41, 5.74) is 1.27. The average molecular weight is 161 g/mol. The molecular formula is C9H11N3. The van der Waals surface area contributed by atoms with Gasteiger partial charge in [-0.25, -0.2) is 4.98 Å². The largest absolute Gasteiger partial charge is 0.256 e. The van der Waals surface area contributed by atoms with Gasteiger partial charge in [0.15, 0.2) is 5.69 Å². The van der Waals surface area contributed by atoms with Gasteiger partial charge in [-0.2, -0.15) is 5.26 Å². The molecule has 0 aliphatic rings. The fraction of sp³-hybridized carbons (Fsp3) is 0.444. The van der Waals surface area contributed by atoms with Crippen LogP contribution in [0.1, 0.15) is 32.2 Å². The van der Waals surface area contributed by atoms with Crippen molar-refractivity contribution in [3.8, 4) is 6.07 Å². The maximum atomic E-state index is 8.48. The average Bonchev–Trinajstić information content (AvgIpc) is 2.03. The van der Waals surface area contributed by atoms with Crippen LogP contribution in [0.5, 0.6) is 0 Å². The third-order valence-electron chi connectivity index (χ3n) is 1.53. The summed E-state index contributed by atoms with van der Waals surface area (Å²) in [6, 6.07) is 1.93. The molecule has 0 aromatic carbocycles. The molecule has 0 aliphatic carbocycles. The van der Waals surface area contributed by atoms with Crippen molar-refractivity contribution in [3.63, 3.8) is 0 Å². The fourth-order valence-corrected chi connectivity index (χ4v) is 0.773. The lowest BCUT2D eigenvalue weighted by atomic mass is 9.93. The van der Waals surface area contributed by atoms with Gasteiger partial charge in [-0.15, -0.1) is 0 Å². The standard InChI is InChI=1S/C9H11N3/c1-9(2,3)8-6-11-7(4-10)5-12-8/h5-6H,1-3H3. The lowest BCUT2D eigenvalue weighted by Crippen LogP contribution is -2.13. The second-order valence-corrected chi connectivity index (χ2v) is 3.65. The molecule has 1 rings (SSSR count). The van der Waals surface area contributed by atoms with Crippen LogP contribution in [0.15, 0.2) is 12.4 Å². The van der Waals surface area contributed by atoms with Crippen molar-refractivity contribution in [2.75, 3.05) is 0 Å². The third-order valence-corrected chi connectivity index (χ3v) is 1.53. The van der Waals surface area contributed by atoms with E-state index in [2.05, 4.69) is 30.7 Å². The van der Waals surface area contributed by atoms with E-state index < -0.39 is 0 Å². The first kappa shape index (κ1) is 8.66. The van der Waals surface area contributed by atoms with Gasteiger partial charge < -0.3 is 0 Å². The van der Waals surface area contributed by atoms with Crippen molar-refractivity contribution in [3.05, 3.63) is 23.8 Å². The zero-order chi connectivity index (χ0) is 9.19. The molecule has 62 valence electrons. The Morgan fingerprint density at radius 1 is 1.25 bits per heavy atom. The first-order valence-electron chi connectivity index (χ1n) is 3.76. The Balaban J connectivity index is 3.02. The van der Waals surface area contributed by atoms with Gasteiger partial charge >= 0.3 is 0 Å². The Hall–Kier alpha value is -1.43. The minimum absolute atomic E-state index is 0.000978. The minimum Gasteiger partial charge on any atom is -0.256 e. The van der Waals surface area contributed by atoms with Crippen molar-refractivity contribution >= 4 is 0 Å². The van der Waals surface area contributed by atoms with Crippen molar-refractivity contribution in [2.45, 2.75) is 26.2 Å². The van der Waals surface area contributed by atoms with Crippen LogP contribution >= 0.6 is 0 Å². The van der Waals surface area contributed by atoms with Crippen LogP contribution < -0.4 is 0 Å². The molecule has 1 aromatic rings. The summed E-state index contributed by atoms with van der Waals surface area (Å²) in [6.07, 6.45) is 3.15. The Morgan fingerprint density at radius 3 is 2.25 bits per heavy atom. The van der Waals surface area contributed by atoms with E-state index in [0.717, 1.165) is 5.69 Å². The van der Waals surface area contributed by atoms with Crippen LogP contribution in [0, 0.1) is 11.3 Å². The molecule has 0 amide bonds. The highest BCUT2D eigenvalue weighted by Crippen LogP contribution is 2.18.